The van der Waals surface area contributed by atoms with Crippen molar-refractivity contribution in [3.63, 3.8) is 0 Å². The molecule has 12 heavy (non-hydrogen) atoms. The molecule has 1 rings (SSSR count). The molecule has 0 atom stereocenters. The van der Waals surface area contributed by atoms with E-state index >= 15 is 0 Å². The van der Waals surface area contributed by atoms with Gasteiger partial charge in [0.1, 0.15) is 0 Å². The Morgan fingerprint density at radius 2 is 2.00 bits per heavy atom. The van der Waals surface area contributed by atoms with Crippen LogP contribution < -0.4 is 9.78 Å². The zero-order chi connectivity index (χ0) is 8.65. The predicted molar refractivity (Wildman–Crippen MR) is 55.2 cm³/mol. The molecule has 0 saturated heterocycles. The second kappa shape index (κ2) is 6.24. The third kappa shape index (κ3) is 3.91. The fourth-order valence-electron chi connectivity index (χ4n) is 0.935. The number of hydrogen-bond donors (Lipinski definition) is 1. The van der Waals surface area contributed by atoms with Gasteiger partial charge < -0.3 is 0 Å². The summed E-state index contributed by atoms with van der Waals surface area (Å²) in [6, 6.07) is 10.7. The van der Waals surface area contributed by atoms with Gasteiger partial charge in [-0.05, 0) is 0 Å². The first-order chi connectivity index (χ1) is 5.93. The predicted octanol–water partition coefficient (Wildman–Crippen LogP) is 1.04. The van der Waals surface area contributed by atoms with Gasteiger partial charge in [0.15, 0.2) is 0 Å². The van der Waals surface area contributed by atoms with Crippen LogP contribution in [0.15, 0.2) is 30.3 Å². The summed E-state index contributed by atoms with van der Waals surface area (Å²) in [5, 5.41) is 4.63. The minimum absolute atomic E-state index is 0.656. The third-order valence-electron chi connectivity index (χ3n) is 1.54. The molecule has 2 heteroatoms. The molecule has 0 radical (unpaired) electrons. The van der Waals surface area contributed by atoms with Gasteiger partial charge in [0.2, 0.25) is 0 Å². The van der Waals surface area contributed by atoms with Crippen molar-refractivity contribution >= 4 is 19.4 Å². The summed E-state index contributed by atoms with van der Waals surface area (Å²) in [6.45, 7) is 4.39. The molecule has 0 aliphatic rings. The van der Waals surface area contributed by atoms with Gasteiger partial charge in [0, 0.05) is 0 Å². The quantitative estimate of drug-likeness (QED) is 0.586. The van der Waals surface area contributed by atoms with Gasteiger partial charge in [0.05, 0.1) is 0 Å². The van der Waals surface area contributed by atoms with Gasteiger partial charge in [-0.1, -0.05) is 0 Å². The van der Waals surface area contributed by atoms with E-state index in [1.807, 2.05) is 0 Å². The van der Waals surface area contributed by atoms with E-state index in [-0.39, 0.29) is 0 Å². The van der Waals surface area contributed by atoms with E-state index in [1.54, 1.807) is 0 Å². The third-order valence-corrected chi connectivity index (χ3v) is 3.67. The Kier molecular flexibility index (Phi) is 5.09. The topological polar surface area (TPSA) is 12.0 Å². The summed E-state index contributed by atoms with van der Waals surface area (Å²) >= 11 is 0.656. The van der Waals surface area contributed by atoms with Crippen LogP contribution in [0.4, 0.5) is 0 Å². The van der Waals surface area contributed by atoms with Crippen LogP contribution >= 0.6 is 0 Å². The number of nitrogens with one attached hydrogen (secondary N) is 1. The Labute approximate surface area is 80.7 Å². The molecule has 0 spiro atoms. The van der Waals surface area contributed by atoms with Crippen molar-refractivity contribution in [3.05, 3.63) is 30.3 Å². The molecule has 0 aromatic heterocycles. The standard InChI is InChI=1S/C10H15NSe/c1-2-11-8-9-12-10-6-4-3-5-7-10/h3-7,11H,2,8-9H2,1H3. The molecule has 0 amide bonds. The van der Waals surface area contributed by atoms with Crippen molar-refractivity contribution in [3.8, 4) is 0 Å². The zero-order valence-electron chi connectivity index (χ0n) is 7.42. The normalized spacial score (nSPS) is 10.1. The molecule has 66 valence electrons. The summed E-state index contributed by atoms with van der Waals surface area (Å²) in [5.74, 6) is 0. The van der Waals surface area contributed by atoms with Crippen LogP contribution in [0.1, 0.15) is 6.92 Å². The van der Waals surface area contributed by atoms with E-state index in [0.29, 0.717) is 15.0 Å². The summed E-state index contributed by atoms with van der Waals surface area (Å²) in [5.41, 5.74) is 0. The fraction of sp³-hybridized carbons (Fsp3) is 0.400. The van der Waals surface area contributed by atoms with E-state index in [4.69, 9.17) is 0 Å². The molecule has 0 heterocycles. The van der Waals surface area contributed by atoms with Gasteiger partial charge in [0.25, 0.3) is 0 Å². The van der Waals surface area contributed by atoms with E-state index in [1.165, 1.54) is 9.78 Å². The Bertz CT molecular complexity index is 198. The average Bonchev–Trinajstić information content (AvgIpc) is 2.14. The summed E-state index contributed by atoms with van der Waals surface area (Å²) in [4.78, 5) is 0. The van der Waals surface area contributed by atoms with Gasteiger partial charge in [-0.3, -0.25) is 0 Å². The molecular weight excluding hydrogens is 213 g/mol. The number of benzene rings is 1. The second-order valence-corrected chi connectivity index (χ2v) is 4.97. The molecule has 1 aromatic carbocycles. The van der Waals surface area contributed by atoms with Crippen LogP contribution in [0.2, 0.25) is 5.32 Å². The molecule has 0 aliphatic heterocycles. The van der Waals surface area contributed by atoms with E-state index in [9.17, 15) is 0 Å². The molecule has 0 unspecified atom stereocenters. The Hall–Kier alpha value is -0.301. The minimum atomic E-state index is 0.656. The van der Waals surface area contributed by atoms with E-state index < -0.39 is 0 Å². The molecule has 1 aromatic rings. The zero-order valence-corrected chi connectivity index (χ0v) is 9.13. The first-order valence-electron chi connectivity index (χ1n) is 4.32. The van der Waals surface area contributed by atoms with Crippen LogP contribution in [0.25, 0.3) is 0 Å². The molecule has 0 saturated carbocycles. The van der Waals surface area contributed by atoms with Crippen LogP contribution in [-0.2, 0) is 0 Å². The van der Waals surface area contributed by atoms with Gasteiger partial charge in [-0.15, -0.1) is 0 Å². The van der Waals surface area contributed by atoms with Crippen molar-refractivity contribution in [2.24, 2.45) is 0 Å². The monoisotopic (exact) mass is 229 g/mol. The van der Waals surface area contributed by atoms with Crippen molar-refractivity contribution in [1.29, 1.82) is 0 Å². The molecule has 0 aliphatic carbocycles. The number of hydrogen-bond acceptors (Lipinski definition) is 1. The van der Waals surface area contributed by atoms with Crippen LogP contribution in [0, 0.1) is 0 Å². The van der Waals surface area contributed by atoms with Gasteiger partial charge in [-0.2, -0.15) is 0 Å². The van der Waals surface area contributed by atoms with Crippen LogP contribution in [-0.4, -0.2) is 28.0 Å². The van der Waals surface area contributed by atoms with Crippen molar-refractivity contribution in [2.45, 2.75) is 12.2 Å². The summed E-state index contributed by atoms with van der Waals surface area (Å²) < 4.78 is 1.50. The Morgan fingerprint density at radius 3 is 2.67 bits per heavy atom. The summed E-state index contributed by atoms with van der Waals surface area (Å²) in [7, 11) is 0. The first-order valence-corrected chi connectivity index (χ1v) is 6.39. The van der Waals surface area contributed by atoms with E-state index in [0.717, 1.165) is 13.1 Å². The van der Waals surface area contributed by atoms with Crippen molar-refractivity contribution in [2.75, 3.05) is 13.1 Å². The van der Waals surface area contributed by atoms with Crippen LogP contribution in [0.5, 0.6) is 0 Å². The van der Waals surface area contributed by atoms with Crippen molar-refractivity contribution < 1.29 is 0 Å². The SMILES string of the molecule is CCNCC[Se]c1ccccc1. The maximum atomic E-state index is 3.33. The van der Waals surface area contributed by atoms with E-state index in [2.05, 4.69) is 42.6 Å². The van der Waals surface area contributed by atoms with Gasteiger partial charge in [-0.25, -0.2) is 0 Å². The Balaban J connectivity index is 2.16. The van der Waals surface area contributed by atoms with Crippen molar-refractivity contribution in [1.82, 2.24) is 5.32 Å². The fourth-order valence-corrected chi connectivity index (χ4v) is 2.68. The molecular formula is C10H15NSe. The molecule has 1 nitrogen and oxygen atoms in total. The molecule has 0 fully saturated rings. The average molecular weight is 228 g/mol. The first kappa shape index (κ1) is 9.78. The molecule has 1 N–H and O–H groups in total. The van der Waals surface area contributed by atoms with Gasteiger partial charge >= 0.3 is 80.4 Å². The second-order valence-electron chi connectivity index (χ2n) is 2.52. The Morgan fingerprint density at radius 1 is 1.25 bits per heavy atom. The number of rotatable bonds is 5. The van der Waals surface area contributed by atoms with Crippen LogP contribution in [0.3, 0.4) is 0 Å². The molecule has 0 bridgehead atoms. The maximum absolute atomic E-state index is 3.33. The summed E-state index contributed by atoms with van der Waals surface area (Å²) in [6.07, 6.45) is 0.